The molecule has 1 aromatic heterocycles. The van der Waals surface area contributed by atoms with Crippen molar-refractivity contribution in [3.05, 3.63) is 40.2 Å². The number of rotatable bonds is 6. The molecule has 2 aromatic rings. The van der Waals surface area contributed by atoms with Crippen molar-refractivity contribution in [3.8, 4) is 0 Å². The van der Waals surface area contributed by atoms with Gasteiger partial charge in [-0.2, -0.15) is 5.10 Å². The molecule has 5 N–H and O–H groups in total. The Labute approximate surface area is 165 Å². The van der Waals surface area contributed by atoms with Crippen molar-refractivity contribution in [1.29, 1.82) is 0 Å². The van der Waals surface area contributed by atoms with Gasteiger partial charge in [-0.3, -0.25) is 15.5 Å². The highest BCUT2D eigenvalue weighted by atomic mass is 32.2. The van der Waals surface area contributed by atoms with E-state index in [1.807, 2.05) is 14.1 Å². The molecular weight excluding hydrogens is 388 g/mol. The number of hydrogen-bond acceptors (Lipinski definition) is 9. The molecule has 0 fully saturated rings. The molecule has 0 saturated carbocycles. The van der Waals surface area contributed by atoms with Crippen molar-refractivity contribution in [1.82, 2.24) is 15.4 Å². The lowest BCUT2D eigenvalue weighted by Crippen LogP contribution is -2.25. The molecule has 0 atom stereocenters. The van der Waals surface area contributed by atoms with Crippen LogP contribution in [-0.2, 0) is 0 Å². The monoisotopic (exact) mass is 406 g/mol. The van der Waals surface area contributed by atoms with Crippen molar-refractivity contribution in [2.75, 3.05) is 24.7 Å². The Hall–Kier alpha value is -2.99. The first kappa shape index (κ1) is 20.3. The summed E-state index contributed by atoms with van der Waals surface area (Å²) in [6.45, 7) is 1.68. The van der Waals surface area contributed by atoms with Crippen LogP contribution in [0.1, 0.15) is 12.5 Å². The molecule has 0 saturated heterocycles. The largest absolute Gasteiger partial charge is 0.394 e. The van der Waals surface area contributed by atoms with Crippen LogP contribution in [0.2, 0.25) is 0 Å². The predicted molar refractivity (Wildman–Crippen MR) is 110 cm³/mol. The van der Waals surface area contributed by atoms with Crippen molar-refractivity contribution >= 4 is 52.0 Å². The van der Waals surface area contributed by atoms with Crippen LogP contribution in [0.4, 0.5) is 17.2 Å². The molecule has 0 bridgehead atoms. The molecule has 0 aliphatic heterocycles. The van der Waals surface area contributed by atoms with Crippen LogP contribution < -0.4 is 21.8 Å². The zero-order chi connectivity index (χ0) is 20.1. The lowest BCUT2D eigenvalue weighted by Gasteiger charge is -2.16. The van der Waals surface area contributed by atoms with Gasteiger partial charge >= 0.3 is 0 Å². The Balaban J connectivity index is 2.50. The van der Waals surface area contributed by atoms with Gasteiger partial charge in [0.1, 0.15) is 17.0 Å². The third kappa shape index (κ3) is 5.01. The van der Waals surface area contributed by atoms with Crippen molar-refractivity contribution < 1.29 is 4.92 Å². The second-order valence-corrected chi connectivity index (χ2v) is 6.99. The quantitative estimate of drug-likeness (QED) is 0.213. The second-order valence-electron chi connectivity index (χ2n) is 5.52. The molecule has 0 radical (unpaired) electrons. The van der Waals surface area contributed by atoms with E-state index < -0.39 is 4.92 Å². The number of anilines is 2. The van der Waals surface area contributed by atoms with E-state index in [-0.39, 0.29) is 10.8 Å². The fraction of sp³-hybridized carbons (Fsp3) is 0.200. The van der Waals surface area contributed by atoms with Gasteiger partial charge in [0.2, 0.25) is 0 Å². The number of hydrazone groups is 1. The molecule has 0 aliphatic rings. The highest BCUT2D eigenvalue weighted by Gasteiger charge is 2.17. The minimum Gasteiger partial charge on any atom is -0.394 e. The molecule has 142 valence electrons. The molecular formula is C15H18N8O2S2. The summed E-state index contributed by atoms with van der Waals surface area (Å²) in [6.07, 6.45) is 1.41. The summed E-state index contributed by atoms with van der Waals surface area (Å²) in [4.78, 5) is 21.5. The van der Waals surface area contributed by atoms with Crippen LogP contribution in [-0.4, -0.2) is 39.8 Å². The fourth-order valence-corrected chi connectivity index (χ4v) is 3.12. The van der Waals surface area contributed by atoms with E-state index in [9.17, 15) is 10.1 Å². The average molecular weight is 406 g/mol. The number of nitrogens with two attached hydrogens (primary N) is 2. The first-order chi connectivity index (χ1) is 12.7. The van der Waals surface area contributed by atoms with Crippen molar-refractivity contribution in [3.63, 3.8) is 0 Å². The SMILES string of the molecule is C/C(=N\NC(N)=S)c1cc([N+](=O)[O-])ccc1Sc1ncnc(N(C)C)c1N. The van der Waals surface area contributed by atoms with E-state index in [4.69, 9.17) is 23.7 Å². The summed E-state index contributed by atoms with van der Waals surface area (Å²) in [7, 11) is 3.64. The Morgan fingerprint density at radius 2 is 2.11 bits per heavy atom. The number of benzene rings is 1. The molecule has 1 aromatic carbocycles. The van der Waals surface area contributed by atoms with Gasteiger partial charge in [0.25, 0.3) is 5.69 Å². The van der Waals surface area contributed by atoms with E-state index in [0.717, 1.165) is 0 Å². The van der Waals surface area contributed by atoms with Gasteiger partial charge in [-0.05, 0) is 25.2 Å². The van der Waals surface area contributed by atoms with Crippen LogP contribution in [0.3, 0.4) is 0 Å². The number of nitrogen functional groups attached to an aromatic ring is 1. The summed E-state index contributed by atoms with van der Waals surface area (Å²) in [5.74, 6) is 0.580. The summed E-state index contributed by atoms with van der Waals surface area (Å²) in [5, 5.41) is 15.7. The maximum Gasteiger partial charge on any atom is 0.270 e. The lowest BCUT2D eigenvalue weighted by molar-refractivity contribution is -0.384. The molecule has 0 aliphatic carbocycles. The maximum absolute atomic E-state index is 11.1. The number of nitro benzene ring substituents is 1. The number of nitro groups is 1. The summed E-state index contributed by atoms with van der Waals surface area (Å²) in [6, 6.07) is 4.45. The molecule has 1 heterocycles. The maximum atomic E-state index is 11.1. The number of thiocarbonyl (C=S) groups is 1. The van der Waals surface area contributed by atoms with E-state index >= 15 is 0 Å². The zero-order valence-electron chi connectivity index (χ0n) is 14.8. The topological polar surface area (TPSA) is 149 Å². The highest BCUT2D eigenvalue weighted by molar-refractivity contribution is 7.99. The Morgan fingerprint density at radius 3 is 2.70 bits per heavy atom. The normalized spacial score (nSPS) is 11.1. The smallest absolute Gasteiger partial charge is 0.270 e. The third-order valence-corrected chi connectivity index (χ3v) is 4.54. The average Bonchev–Trinajstić information content (AvgIpc) is 2.61. The Bertz CT molecular complexity index is 917. The predicted octanol–water partition coefficient (Wildman–Crippen LogP) is 1.74. The number of non-ortho nitro benzene ring substituents is 1. The first-order valence-electron chi connectivity index (χ1n) is 7.55. The minimum atomic E-state index is -0.477. The van der Waals surface area contributed by atoms with E-state index in [2.05, 4.69) is 20.5 Å². The van der Waals surface area contributed by atoms with Gasteiger partial charge in [0, 0.05) is 36.7 Å². The highest BCUT2D eigenvalue weighted by Crippen LogP contribution is 2.36. The third-order valence-electron chi connectivity index (χ3n) is 3.35. The van der Waals surface area contributed by atoms with Gasteiger partial charge in [-0.1, -0.05) is 11.8 Å². The summed E-state index contributed by atoms with van der Waals surface area (Å²) >= 11 is 5.99. The van der Waals surface area contributed by atoms with E-state index in [1.165, 1.54) is 30.2 Å². The molecule has 27 heavy (non-hydrogen) atoms. The zero-order valence-corrected chi connectivity index (χ0v) is 16.5. The van der Waals surface area contributed by atoms with Gasteiger partial charge in [0.15, 0.2) is 10.9 Å². The second kappa shape index (κ2) is 8.60. The van der Waals surface area contributed by atoms with Crippen molar-refractivity contribution in [2.24, 2.45) is 10.8 Å². The van der Waals surface area contributed by atoms with E-state index in [0.29, 0.717) is 32.7 Å². The van der Waals surface area contributed by atoms with Crippen molar-refractivity contribution in [2.45, 2.75) is 16.8 Å². The molecule has 12 heteroatoms. The Kier molecular flexibility index (Phi) is 6.47. The lowest BCUT2D eigenvalue weighted by atomic mass is 10.1. The standard InChI is InChI=1S/C15H18N8O2S2/c1-8(20-21-15(17)26)10-6-9(23(24)25)4-5-11(10)27-14-12(16)13(22(2)3)18-7-19-14/h4-7H,16H2,1-3H3,(H3,17,21,26)/b20-8+. The number of aromatic nitrogens is 2. The number of nitrogens with zero attached hydrogens (tertiary/aromatic N) is 5. The van der Waals surface area contributed by atoms with Crippen LogP contribution >= 0.6 is 24.0 Å². The molecule has 2 rings (SSSR count). The molecule has 0 unspecified atom stereocenters. The van der Waals surface area contributed by atoms with Crippen LogP contribution in [0, 0.1) is 10.1 Å². The van der Waals surface area contributed by atoms with Gasteiger partial charge in [-0.25, -0.2) is 9.97 Å². The van der Waals surface area contributed by atoms with E-state index in [1.54, 1.807) is 17.9 Å². The van der Waals surface area contributed by atoms with Crippen LogP contribution in [0.15, 0.2) is 39.5 Å². The molecule has 0 amide bonds. The minimum absolute atomic E-state index is 0.00958. The summed E-state index contributed by atoms with van der Waals surface area (Å²) < 4.78 is 0. The Morgan fingerprint density at radius 1 is 1.41 bits per heavy atom. The molecule has 10 nitrogen and oxygen atoms in total. The van der Waals surface area contributed by atoms with Crippen LogP contribution in [0.5, 0.6) is 0 Å². The van der Waals surface area contributed by atoms with Gasteiger partial charge < -0.3 is 16.4 Å². The summed E-state index contributed by atoms with van der Waals surface area (Å²) in [5.41, 5.74) is 15.4. The molecule has 0 spiro atoms. The van der Waals surface area contributed by atoms with Gasteiger partial charge in [0.05, 0.1) is 10.6 Å². The van der Waals surface area contributed by atoms with Gasteiger partial charge in [-0.15, -0.1) is 0 Å². The fourth-order valence-electron chi connectivity index (χ4n) is 2.12. The van der Waals surface area contributed by atoms with Crippen LogP contribution in [0.25, 0.3) is 0 Å². The number of nitrogens with one attached hydrogen (secondary N) is 1. The number of hydrogen-bond donors (Lipinski definition) is 3. The first-order valence-corrected chi connectivity index (χ1v) is 8.77.